The van der Waals surface area contributed by atoms with Crippen LogP contribution in [0.25, 0.3) is 0 Å². The first-order valence-corrected chi connectivity index (χ1v) is 13.4. The van der Waals surface area contributed by atoms with Crippen LogP contribution < -0.4 is 9.46 Å². The number of hydrogen-bond donors (Lipinski definition) is 1. The zero-order valence-electron chi connectivity index (χ0n) is 20.2. The Balaban J connectivity index is 1.71. The normalized spacial score (nSPS) is 13.4. The van der Waals surface area contributed by atoms with Crippen molar-refractivity contribution in [2.24, 2.45) is 0 Å². The highest BCUT2D eigenvalue weighted by Crippen LogP contribution is 2.33. The van der Waals surface area contributed by atoms with Crippen molar-refractivity contribution in [1.29, 1.82) is 0 Å². The summed E-state index contributed by atoms with van der Waals surface area (Å²) in [6, 6.07) is 21.9. The summed E-state index contributed by atoms with van der Waals surface area (Å²) in [4.78, 5) is 28.2. The Bertz CT molecular complexity index is 1390. The summed E-state index contributed by atoms with van der Waals surface area (Å²) < 4.78 is 35.5. The van der Waals surface area contributed by atoms with Crippen molar-refractivity contribution >= 4 is 27.3 Å². The molecule has 0 aliphatic heterocycles. The van der Waals surface area contributed by atoms with E-state index in [1.54, 1.807) is 47.4 Å². The van der Waals surface area contributed by atoms with Crippen LogP contribution in [0.15, 0.2) is 89.5 Å². The van der Waals surface area contributed by atoms with Gasteiger partial charge in [0.05, 0.1) is 0 Å². The minimum Gasteiger partial charge on any atom is -0.457 e. The fourth-order valence-electron chi connectivity index (χ4n) is 4.17. The lowest BCUT2D eigenvalue weighted by molar-refractivity contribution is 0.0946. The monoisotopic (exact) mass is 504 g/mol. The van der Waals surface area contributed by atoms with Gasteiger partial charge in [-0.25, -0.2) is 8.42 Å². The first-order valence-electron chi connectivity index (χ1n) is 11.9. The zero-order chi connectivity index (χ0) is 25.7. The second kappa shape index (κ2) is 10.8. The lowest BCUT2D eigenvalue weighted by atomic mass is 9.91. The minimum atomic E-state index is -4.39. The molecule has 0 aromatic heterocycles. The van der Waals surface area contributed by atoms with Crippen LogP contribution in [0.4, 0.5) is 5.69 Å². The topological polar surface area (TPSA) is 92.8 Å². The zero-order valence-corrected chi connectivity index (χ0v) is 21.0. The average Bonchev–Trinajstić information content (AvgIpc) is 2.87. The number of nitrogens with zero attached hydrogens (tertiary/aromatic N) is 1. The van der Waals surface area contributed by atoms with E-state index in [0.717, 1.165) is 0 Å². The maximum atomic E-state index is 13.6. The smallest absolute Gasteiger partial charge is 0.268 e. The van der Waals surface area contributed by atoms with Crippen LogP contribution in [-0.2, 0) is 10.0 Å². The van der Waals surface area contributed by atoms with Crippen LogP contribution in [0.3, 0.4) is 0 Å². The second-order valence-corrected chi connectivity index (χ2v) is 10.0. The van der Waals surface area contributed by atoms with Crippen molar-refractivity contribution in [3.05, 3.63) is 101 Å². The SMILES string of the molecule is CCCN(CCC)C1=C(S(=O)(=O)Nc2ccc(Oc3ccccc3)cc2)C(=O)c2ccccc2C1=O. The molecule has 186 valence electrons. The molecular formula is C28H28N2O5S. The molecule has 3 aromatic carbocycles. The van der Waals surface area contributed by atoms with Gasteiger partial charge in [-0.2, -0.15) is 0 Å². The second-order valence-electron chi connectivity index (χ2n) is 8.41. The Morgan fingerprint density at radius 2 is 1.25 bits per heavy atom. The largest absolute Gasteiger partial charge is 0.457 e. The van der Waals surface area contributed by atoms with E-state index < -0.39 is 26.5 Å². The number of hydrogen-bond acceptors (Lipinski definition) is 6. The van der Waals surface area contributed by atoms with Gasteiger partial charge in [0.25, 0.3) is 10.0 Å². The maximum absolute atomic E-state index is 13.6. The molecule has 1 aliphatic carbocycles. The van der Waals surface area contributed by atoms with Crippen LogP contribution in [0, 0.1) is 0 Å². The minimum absolute atomic E-state index is 0.0704. The standard InChI is InChI=1S/C28H28N2O5S/c1-3-18-30(19-4-2)25-26(31)23-12-8-9-13-24(23)27(32)28(25)36(33,34)29-20-14-16-22(17-15-20)35-21-10-6-5-7-11-21/h5-17,29H,3-4,18-19H2,1-2H3. The Morgan fingerprint density at radius 3 is 1.83 bits per heavy atom. The molecule has 4 rings (SSSR count). The molecular weight excluding hydrogens is 476 g/mol. The van der Waals surface area contributed by atoms with Crippen LogP contribution in [-0.4, -0.2) is 38.0 Å². The van der Waals surface area contributed by atoms with Gasteiger partial charge in [0.2, 0.25) is 11.6 Å². The molecule has 8 heteroatoms. The summed E-state index contributed by atoms with van der Waals surface area (Å²) in [5, 5.41) is 0. The summed E-state index contributed by atoms with van der Waals surface area (Å²) in [6.07, 6.45) is 1.38. The molecule has 3 aromatic rings. The molecule has 1 aliphatic rings. The van der Waals surface area contributed by atoms with Crippen LogP contribution in [0.1, 0.15) is 47.4 Å². The Hall–Kier alpha value is -3.91. The van der Waals surface area contributed by atoms with Crippen molar-refractivity contribution in [2.75, 3.05) is 17.8 Å². The lowest BCUT2D eigenvalue weighted by Crippen LogP contribution is -2.38. The molecule has 0 heterocycles. The molecule has 0 atom stereocenters. The molecule has 0 bridgehead atoms. The molecule has 1 N–H and O–H groups in total. The number of anilines is 1. The van der Waals surface area contributed by atoms with E-state index in [0.29, 0.717) is 37.4 Å². The van der Waals surface area contributed by atoms with Gasteiger partial charge in [-0.1, -0.05) is 56.3 Å². The maximum Gasteiger partial charge on any atom is 0.268 e. The number of carbonyl (C=O) groups excluding carboxylic acids is 2. The predicted molar refractivity (Wildman–Crippen MR) is 140 cm³/mol. The summed E-state index contributed by atoms with van der Waals surface area (Å²) in [5.74, 6) is 0.0320. The third-order valence-corrected chi connectivity index (χ3v) is 7.13. The van der Waals surface area contributed by atoms with Gasteiger partial charge >= 0.3 is 0 Å². The number of sulfonamides is 1. The van der Waals surface area contributed by atoms with Crippen LogP contribution >= 0.6 is 0 Å². The average molecular weight is 505 g/mol. The quantitative estimate of drug-likeness (QED) is 0.384. The number of rotatable bonds is 10. The third kappa shape index (κ3) is 5.18. The third-order valence-electron chi connectivity index (χ3n) is 5.71. The van der Waals surface area contributed by atoms with Gasteiger partial charge in [-0.05, 0) is 49.2 Å². The van der Waals surface area contributed by atoms with Crippen molar-refractivity contribution in [3.8, 4) is 11.5 Å². The number of Topliss-reactive ketones (excluding diaryl/α,β-unsaturated/α-hetero) is 2. The van der Waals surface area contributed by atoms with Crippen molar-refractivity contribution in [2.45, 2.75) is 26.7 Å². The number of allylic oxidation sites excluding steroid dienone is 2. The molecule has 0 radical (unpaired) electrons. The number of benzene rings is 3. The predicted octanol–water partition coefficient (Wildman–Crippen LogP) is 5.63. The summed E-state index contributed by atoms with van der Waals surface area (Å²) in [7, 11) is -4.39. The molecule has 0 saturated carbocycles. The van der Waals surface area contributed by atoms with Gasteiger partial charge in [-0.15, -0.1) is 0 Å². The Labute approximate surface area is 211 Å². The fourth-order valence-corrected chi connectivity index (χ4v) is 5.55. The van der Waals surface area contributed by atoms with Gasteiger partial charge in [0, 0.05) is 29.9 Å². The van der Waals surface area contributed by atoms with E-state index in [-0.39, 0.29) is 22.5 Å². The number of nitrogens with one attached hydrogen (secondary N) is 1. The first kappa shape index (κ1) is 25.2. The number of fused-ring (bicyclic) bond motifs is 1. The highest BCUT2D eigenvalue weighted by Gasteiger charge is 2.41. The number of ketones is 2. The van der Waals surface area contributed by atoms with Crippen LogP contribution in [0.5, 0.6) is 11.5 Å². The van der Waals surface area contributed by atoms with Crippen molar-refractivity contribution in [1.82, 2.24) is 4.90 Å². The highest BCUT2D eigenvalue weighted by molar-refractivity contribution is 7.97. The first-order chi connectivity index (χ1) is 17.4. The van der Waals surface area contributed by atoms with E-state index in [9.17, 15) is 18.0 Å². The van der Waals surface area contributed by atoms with Crippen LogP contribution in [0.2, 0.25) is 0 Å². The Morgan fingerprint density at radius 1 is 0.722 bits per heavy atom. The number of para-hydroxylation sites is 1. The summed E-state index contributed by atoms with van der Waals surface area (Å²) in [5.41, 5.74) is 0.486. The van der Waals surface area contributed by atoms with E-state index >= 15 is 0 Å². The Kier molecular flexibility index (Phi) is 7.55. The summed E-state index contributed by atoms with van der Waals surface area (Å²) >= 11 is 0. The fraction of sp³-hybridized carbons (Fsp3) is 0.214. The van der Waals surface area contributed by atoms with Gasteiger partial charge in [-0.3, -0.25) is 14.3 Å². The van der Waals surface area contributed by atoms with E-state index in [1.165, 1.54) is 6.07 Å². The highest BCUT2D eigenvalue weighted by atomic mass is 32.2. The summed E-state index contributed by atoms with van der Waals surface area (Å²) in [6.45, 7) is 4.79. The van der Waals surface area contributed by atoms with Gasteiger partial charge in [0.15, 0.2) is 4.91 Å². The van der Waals surface area contributed by atoms with E-state index in [1.807, 2.05) is 44.2 Å². The van der Waals surface area contributed by atoms with Crippen molar-refractivity contribution in [3.63, 3.8) is 0 Å². The van der Waals surface area contributed by atoms with Crippen molar-refractivity contribution < 1.29 is 22.7 Å². The number of carbonyl (C=O) groups is 2. The van der Waals surface area contributed by atoms with E-state index in [2.05, 4.69) is 4.72 Å². The molecule has 0 fully saturated rings. The van der Waals surface area contributed by atoms with Gasteiger partial charge in [0.1, 0.15) is 17.2 Å². The van der Waals surface area contributed by atoms with E-state index in [4.69, 9.17) is 4.74 Å². The molecule has 0 unspecified atom stereocenters. The molecule has 0 saturated heterocycles. The molecule has 0 amide bonds. The molecule has 7 nitrogen and oxygen atoms in total. The van der Waals surface area contributed by atoms with Gasteiger partial charge < -0.3 is 9.64 Å². The number of ether oxygens (including phenoxy) is 1. The molecule has 0 spiro atoms. The lowest BCUT2D eigenvalue weighted by Gasteiger charge is -2.31. The molecule has 36 heavy (non-hydrogen) atoms.